The molecule has 1 aliphatic rings. The van der Waals surface area contributed by atoms with Crippen LogP contribution in [-0.2, 0) is 16.1 Å². The zero-order chi connectivity index (χ0) is 17.1. The van der Waals surface area contributed by atoms with E-state index in [4.69, 9.17) is 4.42 Å². The molecule has 1 N–H and O–H groups in total. The predicted octanol–water partition coefficient (Wildman–Crippen LogP) is 3.20. The van der Waals surface area contributed by atoms with Crippen molar-refractivity contribution in [3.8, 4) is 0 Å². The Morgan fingerprint density at radius 3 is 2.88 bits per heavy atom. The van der Waals surface area contributed by atoms with Gasteiger partial charge in [0.15, 0.2) is 0 Å². The topological polar surface area (TPSA) is 62.6 Å². The monoisotopic (exact) mass is 346 g/mol. The Hall–Kier alpha value is -2.08. The smallest absolute Gasteiger partial charge is 0.225 e. The third-order valence-electron chi connectivity index (χ3n) is 4.33. The summed E-state index contributed by atoms with van der Waals surface area (Å²) in [4.78, 5) is 27.7. The van der Waals surface area contributed by atoms with E-state index in [2.05, 4.69) is 19.2 Å². The Morgan fingerprint density at radius 1 is 1.42 bits per heavy atom. The minimum absolute atomic E-state index is 0.00349. The molecule has 2 atom stereocenters. The van der Waals surface area contributed by atoms with Gasteiger partial charge in [-0.25, -0.2) is 0 Å². The average molecular weight is 346 g/mol. The molecule has 0 saturated carbocycles. The highest BCUT2D eigenvalue weighted by atomic mass is 32.1. The second-order valence-electron chi connectivity index (χ2n) is 6.50. The van der Waals surface area contributed by atoms with Crippen LogP contribution in [0.2, 0.25) is 0 Å². The second-order valence-corrected chi connectivity index (χ2v) is 7.48. The molecule has 0 radical (unpaired) electrons. The third-order valence-corrected chi connectivity index (χ3v) is 5.28. The maximum atomic E-state index is 12.6. The molecule has 2 amide bonds. The number of thiophene rings is 1. The molecule has 128 valence electrons. The summed E-state index contributed by atoms with van der Waals surface area (Å²) < 4.78 is 5.29. The molecule has 0 aliphatic carbocycles. The van der Waals surface area contributed by atoms with Gasteiger partial charge >= 0.3 is 0 Å². The molecule has 1 fully saturated rings. The highest BCUT2D eigenvalue weighted by Gasteiger charge is 2.35. The van der Waals surface area contributed by atoms with Crippen LogP contribution in [0.3, 0.4) is 0 Å². The molecule has 1 aliphatic heterocycles. The lowest BCUT2D eigenvalue weighted by molar-refractivity contribution is -0.129. The van der Waals surface area contributed by atoms with Crippen LogP contribution in [0.4, 0.5) is 0 Å². The van der Waals surface area contributed by atoms with E-state index in [9.17, 15) is 9.59 Å². The van der Waals surface area contributed by atoms with E-state index in [1.165, 1.54) is 0 Å². The van der Waals surface area contributed by atoms with Gasteiger partial charge < -0.3 is 14.6 Å². The largest absolute Gasteiger partial charge is 0.467 e. The van der Waals surface area contributed by atoms with Crippen LogP contribution >= 0.6 is 11.3 Å². The Bertz CT molecular complexity index is 679. The van der Waals surface area contributed by atoms with E-state index in [0.717, 1.165) is 10.6 Å². The standard InChI is InChI=1S/C18H22N2O3S/c1-12(2)17(15-6-4-8-24-15)19-18(22)13-9-16(21)20(10-13)11-14-5-3-7-23-14/h3-8,12-13,17H,9-11H2,1-2H3,(H,19,22)/t13-,17-/m0/s1. The van der Waals surface area contributed by atoms with Gasteiger partial charge in [0.05, 0.1) is 24.8 Å². The summed E-state index contributed by atoms with van der Waals surface area (Å²) in [5.41, 5.74) is 0. The predicted molar refractivity (Wildman–Crippen MR) is 92.3 cm³/mol. The molecule has 0 bridgehead atoms. The first-order valence-electron chi connectivity index (χ1n) is 8.18. The molecule has 5 nitrogen and oxygen atoms in total. The maximum absolute atomic E-state index is 12.6. The van der Waals surface area contributed by atoms with Crippen LogP contribution in [0.1, 0.15) is 36.9 Å². The number of hydrogen-bond donors (Lipinski definition) is 1. The lowest BCUT2D eigenvalue weighted by Gasteiger charge is -2.23. The van der Waals surface area contributed by atoms with E-state index in [1.54, 1.807) is 28.6 Å². The number of carbonyl (C=O) groups excluding carboxylic acids is 2. The molecule has 3 rings (SSSR count). The summed E-state index contributed by atoms with van der Waals surface area (Å²) in [6, 6.07) is 7.66. The van der Waals surface area contributed by atoms with Crippen LogP contribution in [-0.4, -0.2) is 23.3 Å². The molecular weight excluding hydrogens is 324 g/mol. The van der Waals surface area contributed by atoms with Crippen LogP contribution in [0, 0.1) is 11.8 Å². The molecule has 0 aromatic carbocycles. The van der Waals surface area contributed by atoms with Crippen molar-refractivity contribution in [3.05, 3.63) is 46.5 Å². The lowest BCUT2D eigenvalue weighted by atomic mass is 10.0. The summed E-state index contributed by atoms with van der Waals surface area (Å²) in [6.45, 7) is 5.05. The third kappa shape index (κ3) is 3.70. The fraction of sp³-hybridized carbons (Fsp3) is 0.444. The lowest BCUT2D eigenvalue weighted by Crippen LogP contribution is -2.37. The zero-order valence-corrected chi connectivity index (χ0v) is 14.7. The minimum Gasteiger partial charge on any atom is -0.467 e. The number of rotatable bonds is 6. The highest BCUT2D eigenvalue weighted by molar-refractivity contribution is 7.10. The first-order chi connectivity index (χ1) is 11.5. The minimum atomic E-state index is -0.298. The van der Waals surface area contributed by atoms with Crippen molar-refractivity contribution >= 4 is 23.2 Å². The molecule has 0 unspecified atom stereocenters. The van der Waals surface area contributed by atoms with Crippen molar-refractivity contribution in [2.75, 3.05) is 6.54 Å². The SMILES string of the molecule is CC(C)[C@H](NC(=O)[C@H]1CC(=O)N(Cc2ccco2)C1)c1cccs1. The Labute approximate surface area is 145 Å². The Morgan fingerprint density at radius 2 is 2.25 bits per heavy atom. The van der Waals surface area contributed by atoms with Crippen LogP contribution in [0.15, 0.2) is 40.3 Å². The van der Waals surface area contributed by atoms with Gasteiger partial charge in [0.25, 0.3) is 0 Å². The van der Waals surface area contributed by atoms with Gasteiger partial charge in [-0.2, -0.15) is 0 Å². The maximum Gasteiger partial charge on any atom is 0.225 e. The summed E-state index contributed by atoms with van der Waals surface area (Å²) >= 11 is 1.64. The molecule has 2 aromatic rings. The molecule has 2 aromatic heterocycles. The Kier molecular flexibility index (Phi) is 5.04. The number of likely N-dealkylation sites (tertiary alicyclic amines) is 1. The van der Waals surface area contributed by atoms with Gasteiger partial charge in [-0.15, -0.1) is 11.3 Å². The van der Waals surface area contributed by atoms with Gasteiger partial charge in [-0.1, -0.05) is 19.9 Å². The number of hydrogen-bond acceptors (Lipinski definition) is 4. The highest BCUT2D eigenvalue weighted by Crippen LogP contribution is 2.27. The van der Waals surface area contributed by atoms with Gasteiger partial charge in [0.2, 0.25) is 11.8 Å². The van der Waals surface area contributed by atoms with Crippen LogP contribution < -0.4 is 5.32 Å². The number of nitrogens with zero attached hydrogens (tertiary/aromatic N) is 1. The summed E-state index contributed by atoms with van der Waals surface area (Å²) in [6.07, 6.45) is 1.86. The van der Waals surface area contributed by atoms with Crippen molar-refractivity contribution in [1.29, 1.82) is 0 Å². The van der Waals surface area contributed by atoms with Crippen molar-refractivity contribution in [3.63, 3.8) is 0 Å². The molecule has 24 heavy (non-hydrogen) atoms. The van der Waals surface area contributed by atoms with Gasteiger partial charge in [0, 0.05) is 17.8 Å². The van der Waals surface area contributed by atoms with E-state index >= 15 is 0 Å². The quantitative estimate of drug-likeness (QED) is 0.874. The van der Waals surface area contributed by atoms with Crippen LogP contribution in [0.25, 0.3) is 0 Å². The fourth-order valence-corrected chi connectivity index (χ4v) is 3.95. The van der Waals surface area contributed by atoms with Gasteiger partial charge in [-0.3, -0.25) is 9.59 Å². The normalized spacial score (nSPS) is 19.0. The zero-order valence-electron chi connectivity index (χ0n) is 13.9. The van der Waals surface area contributed by atoms with Crippen molar-refractivity contribution in [2.24, 2.45) is 11.8 Å². The molecule has 6 heteroatoms. The fourth-order valence-electron chi connectivity index (χ4n) is 3.00. The van der Waals surface area contributed by atoms with Gasteiger partial charge in [0.1, 0.15) is 5.76 Å². The van der Waals surface area contributed by atoms with Gasteiger partial charge in [-0.05, 0) is 29.5 Å². The molecule has 3 heterocycles. The first kappa shape index (κ1) is 16.8. The molecule has 1 saturated heterocycles. The van der Waals surface area contributed by atoms with E-state index < -0.39 is 0 Å². The summed E-state index contributed by atoms with van der Waals surface area (Å²) in [7, 11) is 0. The van der Waals surface area contributed by atoms with Crippen LogP contribution in [0.5, 0.6) is 0 Å². The van der Waals surface area contributed by atoms with E-state index in [-0.39, 0.29) is 30.2 Å². The average Bonchev–Trinajstić information content (AvgIpc) is 3.27. The second kappa shape index (κ2) is 7.21. The Balaban J connectivity index is 1.62. The van der Waals surface area contributed by atoms with Crippen molar-refractivity contribution < 1.29 is 14.0 Å². The van der Waals surface area contributed by atoms with E-state index in [1.807, 2.05) is 23.6 Å². The van der Waals surface area contributed by atoms with E-state index in [0.29, 0.717) is 19.0 Å². The number of amides is 2. The molecular formula is C18H22N2O3S. The first-order valence-corrected chi connectivity index (χ1v) is 9.06. The summed E-state index contributed by atoms with van der Waals surface area (Å²) in [5.74, 6) is 0.696. The number of furan rings is 1. The number of carbonyl (C=O) groups is 2. The summed E-state index contributed by atoms with van der Waals surface area (Å²) in [5, 5.41) is 5.14. The molecule has 0 spiro atoms. The van der Waals surface area contributed by atoms with Crippen molar-refractivity contribution in [2.45, 2.75) is 32.9 Å². The number of nitrogens with one attached hydrogen (secondary N) is 1. The van der Waals surface area contributed by atoms with Crippen molar-refractivity contribution in [1.82, 2.24) is 10.2 Å².